The smallest absolute Gasteiger partial charge is 0.0349 e. The summed E-state index contributed by atoms with van der Waals surface area (Å²) in [4.78, 5) is 2.98. The number of thiophene rings is 1. The minimum Gasteiger partial charge on any atom is -0.310 e. The average Bonchev–Trinajstić information content (AvgIpc) is 2.70. The number of aryl methyl sites for hydroxylation is 2. The first kappa shape index (κ1) is 11.9. The predicted octanol–water partition coefficient (Wildman–Crippen LogP) is 4.07. The fourth-order valence-electron chi connectivity index (χ4n) is 2.68. The Labute approximate surface area is 113 Å². The first-order valence-electron chi connectivity index (χ1n) is 6.55. The maximum absolute atomic E-state index is 3.53. The Hall–Kier alpha value is -1.12. The summed E-state index contributed by atoms with van der Waals surface area (Å²) in [5.41, 5.74) is 5.57. The molecule has 1 nitrogen and oxygen atoms in total. The van der Waals surface area contributed by atoms with Gasteiger partial charge in [0.15, 0.2) is 0 Å². The molecule has 0 amide bonds. The molecular weight excluding hydrogens is 238 g/mol. The summed E-state index contributed by atoms with van der Waals surface area (Å²) >= 11 is 1.97. The zero-order valence-corrected chi connectivity index (χ0v) is 12.0. The number of fused-ring (bicyclic) bond motifs is 1. The fourth-order valence-corrected chi connectivity index (χ4v) is 3.98. The van der Waals surface area contributed by atoms with Crippen molar-refractivity contribution in [3.63, 3.8) is 0 Å². The lowest BCUT2D eigenvalue weighted by Gasteiger charge is -2.19. The minimum absolute atomic E-state index is 0.614. The molecule has 3 rings (SSSR count). The molecule has 94 valence electrons. The molecule has 2 heteroatoms. The Balaban J connectivity index is 2.02. The Morgan fingerprint density at radius 3 is 2.56 bits per heavy atom. The highest BCUT2D eigenvalue weighted by atomic mass is 32.1. The average molecular weight is 257 g/mol. The number of hydrogen-bond acceptors (Lipinski definition) is 2. The number of benzene rings is 1. The lowest BCUT2D eigenvalue weighted by molar-refractivity contribution is 0.520. The molecular formula is C16H19NS. The fraction of sp³-hybridized carbons (Fsp3) is 0.375. The van der Waals surface area contributed by atoms with E-state index in [4.69, 9.17) is 0 Å². The van der Waals surface area contributed by atoms with Crippen molar-refractivity contribution in [1.82, 2.24) is 5.32 Å². The van der Waals surface area contributed by atoms with E-state index < -0.39 is 0 Å². The standard InChI is InChI=1S/C16H19NS/c1-10-4-11(2)6-13(5-10)16-8-14-9-17-12(3)7-15(14)18-16/h4-6,8,12,17H,7,9H2,1-3H3. The molecule has 1 unspecified atom stereocenters. The van der Waals surface area contributed by atoms with Gasteiger partial charge < -0.3 is 5.32 Å². The van der Waals surface area contributed by atoms with Crippen LogP contribution in [0.15, 0.2) is 24.3 Å². The molecule has 2 heterocycles. The Bertz CT molecular complexity index is 563. The van der Waals surface area contributed by atoms with Crippen molar-refractivity contribution in [3.8, 4) is 10.4 Å². The van der Waals surface area contributed by atoms with Crippen molar-refractivity contribution in [2.75, 3.05) is 0 Å². The molecule has 1 N–H and O–H groups in total. The maximum atomic E-state index is 3.53. The van der Waals surface area contributed by atoms with E-state index in [1.54, 1.807) is 4.88 Å². The molecule has 0 aliphatic carbocycles. The zero-order valence-electron chi connectivity index (χ0n) is 11.2. The second-order valence-corrected chi connectivity index (χ2v) is 6.56. The summed E-state index contributed by atoms with van der Waals surface area (Å²) in [6.45, 7) is 7.64. The van der Waals surface area contributed by atoms with Gasteiger partial charge >= 0.3 is 0 Å². The molecule has 0 bridgehead atoms. The van der Waals surface area contributed by atoms with E-state index in [-0.39, 0.29) is 0 Å². The highest BCUT2D eigenvalue weighted by Crippen LogP contribution is 2.34. The second kappa shape index (κ2) is 4.52. The van der Waals surface area contributed by atoms with Crippen molar-refractivity contribution in [1.29, 1.82) is 0 Å². The molecule has 1 atom stereocenters. The van der Waals surface area contributed by atoms with E-state index in [1.807, 2.05) is 11.3 Å². The van der Waals surface area contributed by atoms with Gasteiger partial charge in [-0.25, -0.2) is 0 Å². The molecule has 1 aromatic heterocycles. The van der Waals surface area contributed by atoms with Crippen LogP contribution in [0.25, 0.3) is 10.4 Å². The third-order valence-corrected chi connectivity index (χ3v) is 4.78. The van der Waals surface area contributed by atoms with Crippen molar-refractivity contribution < 1.29 is 0 Å². The van der Waals surface area contributed by atoms with Crippen LogP contribution in [0, 0.1) is 13.8 Å². The van der Waals surface area contributed by atoms with Gasteiger partial charge in [0, 0.05) is 22.3 Å². The van der Waals surface area contributed by atoms with Gasteiger partial charge in [0.1, 0.15) is 0 Å². The summed E-state index contributed by atoms with van der Waals surface area (Å²) in [6.07, 6.45) is 1.17. The lowest BCUT2D eigenvalue weighted by atomic mass is 10.0. The molecule has 0 spiro atoms. The molecule has 0 saturated heterocycles. The van der Waals surface area contributed by atoms with Crippen LogP contribution < -0.4 is 5.32 Å². The van der Waals surface area contributed by atoms with Gasteiger partial charge in [-0.2, -0.15) is 0 Å². The van der Waals surface area contributed by atoms with E-state index >= 15 is 0 Å². The quantitative estimate of drug-likeness (QED) is 0.812. The Kier molecular flexibility index (Phi) is 3.00. The van der Waals surface area contributed by atoms with Crippen LogP contribution in [-0.2, 0) is 13.0 Å². The second-order valence-electron chi connectivity index (χ2n) is 5.42. The number of rotatable bonds is 1. The van der Waals surface area contributed by atoms with Crippen LogP contribution in [0.4, 0.5) is 0 Å². The molecule has 18 heavy (non-hydrogen) atoms. The largest absolute Gasteiger partial charge is 0.310 e. The molecule has 2 aromatic rings. The van der Waals surface area contributed by atoms with Crippen molar-refractivity contribution in [2.24, 2.45) is 0 Å². The van der Waals surface area contributed by atoms with E-state index in [0.29, 0.717) is 6.04 Å². The summed E-state index contributed by atoms with van der Waals surface area (Å²) in [5, 5.41) is 3.53. The zero-order chi connectivity index (χ0) is 12.7. The maximum Gasteiger partial charge on any atom is 0.0349 e. The highest BCUT2D eigenvalue weighted by Gasteiger charge is 2.18. The Morgan fingerprint density at radius 1 is 1.11 bits per heavy atom. The summed E-state index contributed by atoms with van der Waals surface area (Å²) in [5.74, 6) is 0. The van der Waals surface area contributed by atoms with E-state index in [1.165, 1.54) is 33.6 Å². The normalized spacial score (nSPS) is 18.7. The number of nitrogens with one attached hydrogen (secondary N) is 1. The monoisotopic (exact) mass is 257 g/mol. The molecule has 1 aromatic carbocycles. The van der Waals surface area contributed by atoms with Crippen molar-refractivity contribution >= 4 is 11.3 Å². The first-order chi connectivity index (χ1) is 8.61. The van der Waals surface area contributed by atoms with Gasteiger partial charge in [-0.1, -0.05) is 29.3 Å². The topological polar surface area (TPSA) is 12.0 Å². The Morgan fingerprint density at radius 2 is 1.83 bits per heavy atom. The van der Waals surface area contributed by atoms with Gasteiger partial charge in [-0.3, -0.25) is 0 Å². The molecule has 1 aliphatic rings. The summed E-state index contributed by atoms with van der Waals surface area (Å²) in [7, 11) is 0. The van der Waals surface area contributed by atoms with Gasteiger partial charge in [-0.15, -0.1) is 11.3 Å². The highest BCUT2D eigenvalue weighted by molar-refractivity contribution is 7.15. The first-order valence-corrected chi connectivity index (χ1v) is 7.37. The van der Waals surface area contributed by atoms with Crippen LogP contribution in [0.1, 0.15) is 28.5 Å². The van der Waals surface area contributed by atoms with Crippen LogP contribution in [0.2, 0.25) is 0 Å². The number of hydrogen-bond donors (Lipinski definition) is 1. The van der Waals surface area contributed by atoms with E-state index in [9.17, 15) is 0 Å². The molecule has 0 fully saturated rings. The van der Waals surface area contributed by atoms with Gasteiger partial charge in [-0.05, 0) is 44.4 Å². The third-order valence-electron chi connectivity index (χ3n) is 3.54. The molecule has 0 radical (unpaired) electrons. The minimum atomic E-state index is 0.614. The van der Waals surface area contributed by atoms with Gasteiger partial charge in [0.05, 0.1) is 0 Å². The van der Waals surface area contributed by atoms with E-state index in [0.717, 1.165) is 6.54 Å². The predicted molar refractivity (Wildman–Crippen MR) is 79.2 cm³/mol. The third kappa shape index (κ3) is 2.23. The van der Waals surface area contributed by atoms with Crippen LogP contribution in [-0.4, -0.2) is 6.04 Å². The van der Waals surface area contributed by atoms with Crippen LogP contribution in [0.3, 0.4) is 0 Å². The van der Waals surface area contributed by atoms with Crippen LogP contribution in [0.5, 0.6) is 0 Å². The molecule has 0 saturated carbocycles. The van der Waals surface area contributed by atoms with Crippen molar-refractivity contribution in [2.45, 2.75) is 39.8 Å². The lowest BCUT2D eigenvalue weighted by Crippen LogP contribution is -2.31. The SMILES string of the molecule is Cc1cc(C)cc(-c2cc3c(s2)CC(C)NC3)c1. The van der Waals surface area contributed by atoms with Gasteiger partial charge in [0.25, 0.3) is 0 Å². The van der Waals surface area contributed by atoms with Gasteiger partial charge in [0.2, 0.25) is 0 Å². The van der Waals surface area contributed by atoms with Crippen molar-refractivity contribution in [3.05, 3.63) is 45.8 Å². The summed E-state index contributed by atoms with van der Waals surface area (Å²) in [6, 6.07) is 9.80. The van der Waals surface area contributed by atoms with E-state index in [2.05, 4.69) is 50.4 Å². The summed E-state index contributed by atoms with van der Waals surface area (Å²) < 4.78 is 0. The van der Waals surface area contributed by atoms with Crippen LogP contribution >= 0.6 is 11.3 Å². The molecule has 1 aliphatic heterocycles.